The van der Waals surface area contributed by atoms with Gasteiger partial charge >= 0.3 is 195 Å². The Morgan fingerprint density at radius 2 is 0.935 bits per heavy atom. The predicted molar refractivity (Wildman–Crippen MR) is 123 cm³/mol. The molecule has 6 nitrogen and oxygen atoms in total. The maximum atomic E-state index is 11.8. The monoisotopic (exact) mass is 586 g/mol. The Bertz CT molecular complexity index is 838. The van der Waals surface area contributed by atoms with Gasteiger partial charge in [0.15, 0.2) is 0 Å². The second-order valence-electron chi connectivity index (χ2n) is 8.54. The summed E-state index contributed by atoms with van der Waals surface area (Å²) in [4.78, 5) is 23.6. The summed E-state index contributed by atoms with van der Waals surface area (Å²) in [6, 6.07) is 13.4. The van der Waals surface area contributed by atoms with Crippen LogP contribution in [0.1, 0.15) is 41.5 Å². The van der Waals surface area contributed by atoms with E-state index in [1.165, 1.54) is 0 Å². The van der Waals surface area contributed by atoms with E-state index in [0.29, 0.717) is 11.5 Å². The predicted octanol–water partition coefficient (Wildman–Crippen LogP) is 5.35. The van der Waals surface area contributed by atoms with Gasteiger partial charge in [0.1, 0.15) is 0 Å². The number of carbonyl (C=O) groups is 2. The van der Waals surface area contributed by atoms with Crippen molar-refractivity contribution in [2.24, 2.45) is 0 Å². The summed E-state index contributed by atoms with van der Waals surface area (Å²) in [5, 5.41) is 0. The van der Waals surface area contributed by atoms with Gasteiger partial charge in [0.2, 0.25) is 0 Å². The maximum absolute atomic E-state index is 11.8. The zero-order valence-corrected chi connectivity index (χ0v) is 22.1. The van der Waals surface area contributed by atoms with Crippen LogP contribution in [-0.2, 0) is 9.47 Å². The molecule has 0 bridgehead atoms. The molecule has 0 aliphatic heterocycles. The number of hydrogen-bond donors (Lipinski definition) is 0. The van der Waals surface area contributed by atoms with Gasteiger partial charge in [-0.25, -0.2) is 0 Å². The zero-order chi connectivity index (χ0) is 23.4. The van der Waals surface area contributed by atoms with Crippen LogP contribution in [0.4, 0.5) is 9.59 Å². The van der Waals surface area contributed by atoms with Crippen molar-refractivity contribution < 1.29 is 28.5 Å². The molecule has 0 spiro atoms. The fourth-order valence-corrected chi connectivity index (χ4v) is 8.49. The van der Waals surface area contributed by atoms with Crippen LogP contribution < -0.4 is 16.7 Å². The molecule has 0 unspecified atom stereocenters. The molecule has 0 heterocycles. The first kappa shape index (κ1) is 25.6. The summed E-state index contributed by atoms with van der Waals surface area (Å²) < 4.78 is 22.1. The first-order valence-corrected chi connectivity index (χ1v) is 17.6. The van der Waals surface area contributed by atoms with Crippen molar-refractivity contribution in [2.75, 3.05) is 0 Å². The van der Waals surface area contributed by atoms with Gasteiger partial charge in [0.05, 0.1) is 0 Å². The number of carbonyl (C=O) groups excluding carboxylic acids is 2. The van der Waals surface area contributed by atoms with Crippen molar-refractivity contribution in [1.82, 2.24) is 0 Å². The van der Waals surface area contributed by atoms with E-state index in [4.69, 9.17) is 36.9 Å². The van der Waals surface area contributed by atoms with E-state index < -0.39 is 39.5 Å². The van der Waals surface area contributed by atoms with Crippen LogP contribution in [0.2, 0.25) is 0 Å². The second-order valence-corrected chi connectivity index (χ2v) is 21.2. The van der Waals surface area contributed by atoms with Gasteiger partial charge in [-0.05, 0) is 0 Å². The Kier molecular flexibility index (Phi) is 8.15. The van der Waals surface area contributed by atoms with Gasteiger partial charge in [-0.3, -0.25) is 0 Å². The molecule has 0 saturated carbocycles. The van der Waals surface area contributed by atoms with Gasteiger partial charge in [-0.2, -0.15) is 0 Å². The van der Waals surface area contributed by atoms with Crippen LogP contribution in [-0.4, -0.2) is 39.5 Å². The second kappa shape index (κ2) is 9.87. The summed E-state index contributed by atoms with van der Waals surface area (Å²) in [7, 11) is 13.5. The summed E-state index contributed by atoms with van der Waals surface area (Å²) in [6.07, 6.45) is -1.57. The fourth-order valence-electron chi connectivity index (χ4n) is 2.23. The molecule has 170 valence electrons. The molecule has 0 atom stereocenters. The molecule has 9 heteroatoms. The van der Waals surface area contributed by atoms with E-state index >= 15 is 0 Å². The molecule has 0 amide bonds. The molecule has 2 rings (SSSR count). The third kappa shape index (κ3) is 8.42. The quantitative estimate of drug-likeness (QED) is 0.274. The normalized spacial score (nSPS) is 12.6. The molecular formula is C22H26Cl2O6Te. The van der Waals surface area contributed by atoms with Gasteiger partial charge in [0.25, 0.3) is 0 Å². The van der Waals surface area contributed by atoms with E-state index in [2.05, 4.69) is 0 Å². The van der Waals surface area contributed by atoms with Crippen LogP contribution in [0.25, 0.3) is 0 Å². The summed E-state index contributed by atoms with van der Waals surface area (Å²) in [5.41, 5.74) is -1.29. The van der Waals surface area contributed by atoms with Gasteiger partial charge in [0, 0.05) is 0 Å². The Balaban J connectivity index is 2.07. The SMILES string of the molecule is CC(C)(C)OC(=O)Oc1ccc([Te](Cl)(Cl)c2ccc(OC(=O)OC(C)(C)C)cc2)cc1. The molecule has 0 aliphatic carbocycles. The van der Waals surface area contributed by atoms with E-state index in [9.17, 15) is 9.59 Å². The van der Waals surface area contributed by atoms with Crippen molar-refractivity contribution in [3.05, 3.63) is 48.5 Å². The third-order valence-corrected chi connectivity index (χ3v) is 13.1. The van der Waals surface area contributed by atoms with Crippen LogP contribution in [0.3, 0.4) is 0 Å². The van der Waals surface area contributed by atoms with E-state index in [1.54, 1.807) is 90.1 Å². The van der Waals surface area contributed by atoms with Gasteiger partial charge in [-0.15, -0.1) is 0 Å². The average Bonchev–Trinajstić information content (AvgIpc) is 2.59. The number of halogens is 2. The molecule has 31 heavy (non-hydrogen) atoms. The van der Waals surface area contributed by atoms with Crippen molar-refractivity contribution in [2.45, 2.75) is 52.7 Å². The van der Waals surface area contributed by atoms with E-state index in [0.717, 1.165) is 7.22 Å². The van der Waals surface area contributed by atoms with Crippen LogP contribution in [0, 0.1) is 0 Å². The van der Waals surface area contributed by atoms with Crippen molar-refractivity contribution in [3.63, 3.8) is 0 Å². The Labute approximate surface area is 194 Å². The van der Waals surface area contributed by atoms with Crippen molar-refractivity contribution >= 4 is 53.4 Å². The van der Waals surface area contributed by atoms with Crippen LogP contribution in [0.15, 0.2) is 48.5 Å². The zero-order valence-electron chi connectivity index (χ0n) is 18.2. The molecule has 0 radical (unpaired) electrons. The molecule has 0 saturated heterocycles. The number of benzene rings is 2. The molecule has 2 aromatic carbocycles. The number of hydrogen-bond acceptors (Lipinski definition) is 6. The van der Waals surface area contributed by atoms with Crippen molar-refractivity contribution in [3.8, 4) is 11.5 Å². The minimum absolute atomic E-state index is 0.325. The number of rotatable bonds is 4. The van der Waals surface area contributed by atoms with Crippen LogP contribution >= 0.6 is 17.9 Å². The fraction of sp³-hybridized carbons (Fsp3) is 0.364. The van der Waals surface area contributed by atoms with E-state index in [-0.39, 0.29) is 0 Å². The molecule has 0 N–H and O–H groups in total. The van der Waals surface area contributed by atoms with Gasteiger partial charge < -0.3 is 0 Å². The standard InChI is InChI=1S/C22H26Cl2O6Te/c1-21(2,3)29-19(25)27-15-7-11-17(12-8-15)31(23,24)18-13-9-16(10-14-18)28-20(26)30-22(4,5)6/h7-14H,1-6H3. The van der Waals surface area contributed by atoms with Crippen LogP contribution in [0.5, 0.6) is 11.5 Å². The Morgan fingerprint density at radius 3 is 1.19 bits per heavy atom. The summed E-state index contributed by atoms with van der Waals surface area (Å²) >= 11 is -3.67. The minimum atomic E-state index is -3.67. The summed E-state index contributed by atoms with van der Waals surface area (Å²) in [6.45, 7) is 10.5. The molecule has 0 aromatic heterocycles. The Morgan fingerprint density at radius 1 is 0.645 bits per heavy atom. The first-order chi connectivity index (χ1) is 14.2. The molecule has 0 aliphatic rings. The van der Waals surface area contributed by atoms with Gasteiger partial charge in [-0.1, -0.05) is 0 Å². The molecule has 2 aromatic rings. The van der Waals surface area contributed by atoms with Crippen molar-refractivity contribution in [1.29, 1.82) is 0 Å². The molecular weight excluding hydrogens is 559 g/mol. The first-order valence-electron chi connectivity index (χ1n) is 9.40. The number of ether oxygens (including phenoxy) is 4. The average molecular weight is 585 g/mol. The molecule has 0 fully saturated rings. The topological polar surface area (TPSA) is 71.1 Å². The summed E-state index contributed by atoms with van der Waals surface area (Å²) in [5.74, 6) is 0.650. The Hall–Kier alpha value is -1.65. The third-order valence-electron chi connectivity index (χ3n) is 3.42. The van der Waals surface area contributed by atoms with E-state index in [1.807, 2.05) is 0 Å².